The van der Waals surface area contributed by atoms with Crippen LogP contribution in [0.15, 0.2) is 11.6 Å². The van der Waals surface area contributed by atoms with Crippen LogP contribution >= 0.6 is 0 Å². The van der Waals surface area contributed by atoms with Gasteiger partial charge in [0.1, 0.15) is 85.6 Å². The first kappa shape index (κ1) is 34.9. The smallest absolute Gasteiger partial charge is 0.187 e. The quantitative estimate of drug-likeness (QED) is 0.111. The Balaban J connectivity index is 1.42. The molecule has 8 unspecified atom stereocenters. The Morgan fingerprint density at radius 3 is 1.79 bits per heavy atom. The number of rotatable bonds is 8. The molecule has 19 atom stereocenters. The molecule has 18 nitrogen and oxygen atoms in total. The van der Waals surface area contributed by atoms with Gasteiger partial charge in [-0.3, -0.25) is 0 Å². The molecule has 4 aliphatic rings. The Bertz CT molecular complexity index is 945. The molecule has 1 aliphatic carbocycles. The first-order valence-corrected chi connectivity index (χ1v) is 14.0. The molecule has 4 rings (SSSR count). The van der Waals surface area contributed by atoms with Gasteiger partial charge in [0, 0.05) is 0 Å². The lowest BCUT2D eigenvalue weighted by atomic mass is 9.87. The third-order valence-electron chi connectivity index (χ3n) is 8.49. The summed E-state index contributed by atoms with van der Waals surface area (Å²) in [4.78, 5) is 0. The standard InChI is InChI=1S/C25H44N2O16/c1-6-3-8(13(31)15(33)12(6)30)27-11-7(2)39-24(19(37)14(11)32)42-22-10(5-29)41-25(20(38)17(22)35)43-21-9(4-28)40-23(26)18(36)16(21)34/h3,7-25,27-38H,4-5,26H2,1-2H3/t7?,8-,9?,10?,11+,12+,13?,14-,15-,16+,17+,18?,19?,20?,21+,22+,23?,24+,25+/m1/s1. The maximum atomic E-state index is 10.9. The average molecular weight is 629 g/mol. The highest BCUT2D eigenvalue weighted by atomic mass is 16.7. The van der Waals surface area contributed by atoms with Gasteiger partial charge in [-0.15, -0.1) is 0 Å². The number of aliphatic hydroxyl groups is 11. The average Bonchev–Trinajstić information content (AvgIpc) is 2.98. The lowest BCUT2D eigenvalue weighted by Crippen LogP contribution is -2.68. The Labute approximate surface area is 246 Å². The van der Waals surface area contributed by atoms with Crippen LogP contribution in [0.2, 0.25) is 0 Å². The van der Waals surface area contributed by atoms with Gasteiger partial charge < -0.3 is 90.9 Å². The van der Waals surface area contributed by atoms with E-state index in [9.17, 15) is 56.2 Å². The van der Waals surface area contributed by atoms with Crippen molar-refractivity contribution in [2.75, 3.05) is 13.2 Å². The minimum Gasteiger partial charge on any atom is -0.394 e. The van der Waals surface area contributed by atoms with Crippen molar-refractivity contribution in [2.45, 2.75) is 130 Å². The molecule has 0 amide bonds. The number of nitrogens with one attached hydrogen (secondary N) is 1. The van der Waals surface area contributed by atoms with Crippen LogP contribution < -0.4 is 11.1 Å². The van der Waals surface area contributed by atoms with Crippen molar-refractivity contribution < 1.29 is 79.9 Å². The van der Waals surface area contributed by atoms with Gasteiger partial charge in [0.15, 0.2) is 12.6 Å². The van der Waals surface area contributed by atoms with Crippen molar-refractivity contribution >= 4 is 0 Å². The van der Waals surface area contributed by atoms with E-state index in [0.717, 1.165) is 0 Å². The zero-order valence-electron chi connectivity index (χ0n) is 23.5. The van der Waals surface area contributed by atoms with Crippen LogP contribution in [-0.4, -0.2) is 186 Å². The number of aliphatic hydroxyl groups excluding tert-OH is 11. The van der Waals surface area contributed by atoms with Gasteiger partial charge in [-0.1, -0.05) is 6.08 Å². The van der Waals surface area contributed by atoms with E-state index in [1.54, 1.807) is 6.92 Å². The predicted octanol–water partition coefficient (Wildman–Crippen LogP) is -7.57. The molecule has 3 heterocycles. The second-order valence-corrected chi connectivity index (χ2v) is 11.5. The molecule has 0 aromatic carbocycles. The molecule has 0 aromatic heterocycles. The molecule has 0 radical (unpaired) electrons. The fraction of sp³-hybridized carbons (Fsp3) is 0.920. The predicted molar refractivity (Wildman–Crippen MR) is 138 cm³/mol. The van der Waals surface area contributed by atoms with Gasteiger partial charge >= 0.3 is 0 Å². The number of hydrogen-bond acceptors (Lipinski definition) is 18. The van der Waals surface area contributed by atoms with Gasteiger partial charge in [-0.2, -0.15) is 0 Å². The monoisotopic (exact) mass is 628 g/mol. The van der Waals surface area contributed by atoms with Crippen LogP contribution in [0.3, 0.4) is 0 Å². The fourth-order valence-corrected chi connectivity index (χ4v) is 5.82. The van der Waals surface area contributed by atoms with Gasteiger partial charge in [0.05, 0.1) is 31.4 Å². The topological polar surface area (TPSA) is 307 Å². The lowest BCUT2D eigenvalue weighted by molar-refractivity contribution is -0.367. The van der Waals surface area contributed by atoms with E-state index >= 15 is 0 Å². The van der Waals surface area contributed by atoms with Gasteiger partial charge in [-0.25, -0.2) is 0 Å². The molecule has 0 aromatic rings. The SMILES string of the molecule is CC1=C[C@@H](N[C@H]2C(C)O[C@@H](O[C@H]3C(CO)O[C@@H](O[C@H]4C(CO)OC(N)C(O)[C@@H]4O)C(O)[C@@H]3O)C(O)[C@@H]2O)C(O)[C@H](O)[C@H]1O. The van der Waals surface area contributed by atoms with Crippen LogP contribution in [0.25, 0.3) is 0 Å². The summed E-state index contributed by atoms with van der Waals surface area (Å²) in [5.41, 5.74) is 5.97. The van der Waals surface area contributed by atoms with Crippen LogP contribution in [0.5, 0.6) is 0 Å². The molecule has 0 spiro atoms. The first-order valence-electron chi connectivity index (χ1n) is 14.0. The molecule has 3 aliphatic heterocycles. The van der Waals surface area contributed by atoms with E-state index in [0.29, 0.717) is 5.57 Å². The van der Waals surface area contributed by atoms with Gasteiger partial charge in [-0.05, 0) is 19.4 Å². The first-order chi connectivity index (χ1) is 20.2. The lowest BCUT2D eigenvalue weighted by Gasteiger charge is -2.48. The zero-order chi connectivity index (χ0) is 31.9. The van der Waals surface area contributed by atoms with E-state index in [1.165, 1.54) is 13.0 Å². The molecular formula is C25H44N2O16. The second-order valence-electron chi connectivity index (χ2n) is 11.5. The fourth-order valence-electron chi connectivity index (χ4n) is 5.82. The maximum absolute atomic E-state index is 10.9. The number of ether oxygens (including phenoxy) is 5. The van der Waals surface area contributed by atoms with Crippen LogP contribution in [0.1, 0.15) is 13.8 Å². The largest absolute Gasteiger partial charge is 0.394 e. The van der Waals surface area contributed by atoms with Crippen molar-refractivity contribution in [1.29, 1.82) is 0 Å². The molecule has 250 valence electrons. The van der Waals surface area contributed by atoms with Gasteiger partial charge in [0.2, 0.25) is 0 Å². The van der Waals surface area contributed by atoms with E-state index < -0.39 is 130 Å². The summed E-state index contributed by atoms with van der Waals surface area (Å²) in [5.74, 6) is 0. The summed E-state index contributed by atoms with van der Waals surface area (Å²) >= 11 is 0. The van der Waals surface area contributed by atoms with E-state index in [4.69, 9.17) is 29.4 Å². The van der Waals surface area contributed by atoms with Crippen LogP contribution in [0, 0.1) is 0 Å². The zero-order valence-corrected chi connectivity index (χ0v) is 23.5. The van der Waals surface area contributed by atoms with Crippen LogP contribution in [-0.2, 0) is 23.7 Å². The summed E-state index contributed by atoms with van der Waals surface area (Å²) in [6.07, 6.45) is -24.2. The molecule has 43 heavy (non-hydrogen) atoms. The summed E-state index contributed by atoms with van der Waals surface area (Å²) < 4.78 is 27.8. The van der Waals surface area contributed by atoms with E-state index in [2.05, 4.69) is 5.32 Å². The molecule has 0 saturated carbocycles. The van der Waals surface area contributed by atoms with Crippen molar-refractivity contribution in [3.05, 3.63) is 11.6 Å². The molecule has 14 N–H and O–H groups in total. The highest BCUT2D eigenvalue weighted by Gasteiger charge is 2.53. The van der Waals surface area contributed by atoms with Crippen molar-refractivity contribution in [3.8, 4) is 0 Å². The third-order valence-corrected chi connectivity index (χ3v) is 8.49. The van der Waals surface area contributed by atoms with Gasteiger partial charge in [0.25, 0.3) is 0 Å². The minimum atomic E-state index is -1.88. The number of nitrogens with two attached hydrogens (primary N) is 1. The van der Waals surface area contributed by atoms with E-state index in [1.807, 2.05) is 0 Å². The third kappa shape index (κ3) is 6.92. The Kier molecular flexibility index (Phi) is 11.5. The van der Waals surface area contributed by atoms with Crippen molar-refractivity contribution in [3.63, 3.8) is 0 Å². The summed E-state index contributed by atoms with van der Waals surface area (Å²) in [6, 6.07) is -1.92. The summed E-state index contributed by atoms with van der Waals surface area (Å²) in [5, 5.41) is 117. The Hall–Kier alpha value is -0.980. The Morgan fingerprint density at radius 1 is 0.698 bits per heavy atom. The molecule has 18 heteroatoms. The molecule has 3 saturated heterocycles. The molecule has 3 fully saturated rings. The summed E-state index contributed by atoms with van der Waals surface area (Å²) in [7, 11) is 0. The number of hydrogen-bond donors (Lipinski definition) is 13. The molecular weight excluding hydrogens is 584 g/mol. The highest BCUT2D eigenvalue weighted by Crippen LogP contribution is 2.32. The van der Waals surface area contributed by atoms with Crippen LogP contribution in [0.4, 0.5) is 0 Å². The second kappa shape index (κ2) is 14.2. The maximum Gasteiger partial charge on any atom is 0.187 e. The summed E-state index contributed by atoms with van der Waals surface area (Å²) in [6.45, 7) is 1.59. The normalized spacial score (nSPS) is 53.0. The minimum absolute atomic E-state index is 0.384. The Morgan fingerprint density at radius 2 is 1.21 bits per heavy atom. The van der Waals surface area contributed by atoms with Crippen molar-refractivity contribution in [2.24, 2.45) is 5.73 Å². The van der Waals surface area contributed by atoms with E-state index in [-0.39, 0.29) is 0 Å². The molecule has 0 bridgehead atoms. The van der Waals surface area contributed by atoms with Crippen molar-refractivity contribution in [1.82, 2.24) is 5.32 Å². The highest BCUT2D eigenvalue weighted by molar-refractivity contribution is 5.20.